The minimum atomic E-state index is -0.422. The highest BCUT2D eigenvalue weighted by atomic mass is 35.5. The van der Waals surface area contributed by atoms with Gasteiger partial charge in [0.2, 0.25) is 0 Å². The SMILES string of the molecule is CCOC(=O)C[C@H](N)c1ccc(Cl)c(Cl)c1. The van der Waals surface area contributed by atoms with Gasteiger partial charge in [-0.25, -0.2) is 0 Å². The summed E-state index contributed by atoms with van der Waals surface area (Å²) in [6.07, 6.45) is 0.131. The van der Waals surface area contributed by atoms with Crippen LogP contribution < -0.4 is 5.73 Å². The lowest BCUT2D eigenvalue weighted by atomic mass is 10.1. The number of benzene rings is 1. The Bertz CT molecular complexity index is 382. The Labute approximate surface area is 104 Å². The van der Waals surface area contributed by atoms with Gasteiger partial charge in [-0.2, -0.15) is 0 Å². The second kappa shape index (κ2) is 6.09. The number of hydrogen-bond acceptors (Lipinski definition) is 3. The minimum Gasteiger partial charge on any atom is -0.466 e. The van der Waals surface area contributed by atoms with Gasteiger partial charge in [0.15, 0.2) is 0 Å². The van der Waals surface area contributed by atoms with E-state index in [2.05, 4.69) is 0 Å². The van der Waals surface area contributed by atoms with Gasteiger partial charge >= 0.3 is 5.97 Å². The van der Waals surface area contributed by atoms with Crippen LogP contribution in [0.3, 0.4) is 0 Å². The second-order valence-electron chi connectivity index (χ2n) is 3.29. The largest absolute Gasteiger partial charge is 0.466 e. The number of rotatable bonds is 4. The third-order valence-corrected chi connectivity index (χ3v) is 2.80. The molecule has 5 heteroatoms. The summed E-state index contributed by atoms with van der Waals surface area (Å²) in [5.74, 6) is -0.318. The Morgan fingerprint density at radius 1 is 1.44 bits per heavy atom. The zero-order valence-electron chi connectivity index (χ0n) is 8.87. The minimum absolute atomic E-state index is 0.131. The Balaban J connectivity index is 2.69. The fourth-order valence-corrected chi connectivity index (χ4v) is 1.57. The molecule has 0 fully saturated rings. The van der Waals surface area contributed by atoms with Gasteiger partial charge < -0.3 is 10.5 Å². The van der Waals surface area contributed by atoms with Crippen LogP contribution in [0.4, 0.5) is 0 Å². The number of hydrogen-bond donors (Lipinski definition) is 1. The first-order valence-electron chi connectivity index (χ1n) is 4.90. The second-order valence-corrected chi connectivity index (χ2v) is 4.10. The molecule has 16 heavy (non-hydrogen) atoms. The summed E-state index contributed by atoms with van der Waals surface area (Å²) in [6.45, 7) is 2.11. The zero-order valence-corrected chi connectivity index (χ0v) is 10.4. The molecule has 0 spiro atoms. The number of esters is 1. The van der Waals surface area contributed by atoms with Crippen LogP contribution in [0.2, 0.25) is 10.0 Å². The van der Waals surface area contributed by atoms with Crippen LogP contribution in [0, 0.1) is 0 Å². The molecule has 1 aromatic carbocycles. The molecule has 0 unspecified atom stereocenters. The summed E-state index contributed by atoms with van der Waals surface area (Å²) in [6, 6.07) is 4.64. The van der Waals surface area contributed by atoms with Gasteiger partial charge in [0.25, 0.3) is 0 Å². The van der Waals surface area contributed by atoms with E-state index in [0.29, 0.717) is 16.7 Å². The molecule has 1 aromatic rings. The number of nitrogens with two attached hydrogens (primary N) is 1. The van der Waals surface area contributed by atoms with E-state index in [1.807, 2.05) is 0 Å². The van der Waals surface area contributed by atoms with Crippen molar-refractivity contribution in [3.05, 3.63) is 33.8 Å². The number of carbonyl (C=O) groups excluding carboxylic acids is 1. The summed E-state index contributed by atoms with van der Waals surface area (Å²) in [7, 11) is 0. The highest BCUT2D eigenvalue weighted by Gasteiger charge is 2.13. The van der Waals surface area contributed by atoms with Crippen molar-refractivity contribution in [1.29, 1.82) is 0 Å². The molecular formula is C11H13Cl2NO2. The van der Waals surface area contributed by atoms with Crippen LogP contribution in [0.1, 0.15) is 24.9 Å². The van der Waals surface area contributed by atoms with Crippen LogP contribution in [0.15, 0.2) is 18.2 Å². The normalized spacial score (nSPS) is 12.2. The lowest BCUT2D eigenvalue weighted by Gasteiger charge is -2.11. The van der Waals surface area contributed by atoms with E-state index in [-0.39, 0.29) is 12.4 Å². The molecule has 0 aliphatic rings. The van der Waals surface area contributed by atoms with Crippen LogP contribution in [0.25, 0.3) is 0 Å². The molecular weight excluding hydrogens is 249 g/mol. The average molecular weight is 262 g/mol. The number of halogens is 2. The summed E-state index contributed by atoms with van der Waals surface area (Å²) in [4.78, 5) is 11.2. The average Bonchev–Trinajstić information content (AvgIpc) is 2.22. The van der Waals surface area contributed by atoms with E-state index in [4.69, 9.17) is 33.7 Å². The highest BCUT2D eigenvalue weighted by Crippen LogP contribution is 2.26. The maximum Gasteiger partial charge on any atom is 0.307 e. The van der Waals surface area contributed by atoms with E-state index in [1.165, 1.54) is 0 Å². The molecule has 0 aliphatic carbocycles. The summed E-state index contributed by atoms with van der Waals surface area (Å²) < 4.78 is 4.81. The van der Waals surface area contributed by atoms with Crippen molar-refractivity contribution in [2.45, 2.75) is 19.4 Å². The molecule has 1 rings (SSSR count). The van der Waals surface area contributed by atoms with E-state index in [1.54, 1.807) is 25.1 Å². The zero-order chi connectivity index (χ0) is 12.1. The lowest BCUT2D eigenvalue weighted by Crippen LogP contribution is -2.17. The van der Waals surface area contributed by atoms with Crippen molar-refractivity contribution < 1.29 is 9.53 Å². The molecule has 0 saturated heterocycles. The van der Waals surface area contributed by atoms with Crippen LogP contribution >= 0.6 is 23.2 Å². The Kier molecular flexibility index (Phi) is 5.06. The van der Waals surface area contributed by atoms with Gasteiger partial charge in [-0.3, -0.25) is 4.79 Å². The first-order chi connectivity index (χ1) is 7.54. The molecule has 1 atom stereocenters. The Morgan fingerprint density at radius 3 is 2.69 bits per heavy atom. The third kappa shape index (κ3) is 3.67. The fraction of sp³-hybridized carbons (Fsp3) is 0.364. The van der Waals surface area contributed by atoms with Gasteiger partial charge in [0, 0.05) is 6.04 Å². The van der Waals surface area contributed by atoms with Crippen molar-refractivity contribution in [2.75, 3.05) is 6.61 Å². The van der Waals surface area contributed by atoms with Crippen LogP contribution in [-0.2, 0) is 9.53 Å². The molecule has 0 saturated carbocycles. The van der Waals surface area contributed by atoms with Crippen LogP contribution in [0.5, 0.6) is 0 Å². The van der Waals surface area contributed by atoms with Crippen molar-refractivity contribution in [3.8, 4) is 0 Å². The summed E-state index contributed by atoms with van der Waals surface area (Å²) in [5, 5.41) is 0.896. The topological polar surface area (TPSA) is 52.3 Å². The van der Waals surface area contributed by atoms with Gasteiger partial charge in [-0.05, 0) is 24.6 Å². The first kappa shape index (κ1) is 13.3. The van der Waals surface area contributed by atoms with Crippen molar-refractivity contribution in [2.24, 2.45) is 5.73 Å². The highest BCUT2D eigenvalue weighted by molar-refractivity contribution is 6.42. The van der Waals surface area contributed by atoms with Crippen molar-refractivity contribution >= 4 is 29.2 Å². The van der Waals surface area contributed by atoms with E-state index < -0.39 is 6.04 Å². The molecule has 0 aliphatic heterocycles. The molecule has 0 radical (unpaired) electrons. The standard InChI is InChI=1S/C11H13Cl2NO2/c1-2-16-11(15)6-10(14)7-3-4-8(12)9(13)5-7/h3-5,10H,2,6,14H2,1H3/t10-/m0/s1. The van der Waals surface area contributed by atoms with Gasteiger partial charge in [0.1, 0.15) is 0 Å². The molecule has 0 heterocycles. The van der Waals surface area contributed by atoms with Crippen molar-refractivity contribution in [1.82, 2.24) is 0 Å². The summed E-state index contributed by atoms with van der Waals surface area (Å²) >= 11 is 11.6. The quantitative estimate of drug-likeness (QED) is 0.849. The predicted octanol–water partition coefficient (Wildman–Crippen LogP) is 2.95. The monoisotopic (exact) mass is 261 g/mol. The van der Waals surface area contributed by atoms with Gasteiger partial charge in [0.05, 0.1) is 23.1 Å². The maximum absolute atomic E-state index is 11.2. The predicted molar refractivity (Wildman–Crippen MR) is 64.6 cm³/mol. The van der Waals surface area contributed by atoms with Crippen LogP contribution in [-0.4, -0.2) is 12.6 Å². The Morgan fingerprint density at radius 2 is 2.12 bits per heavy atom. The number of carbonyl (C=O) groups is 1. The fourth-order valence-electron chi connectivity index (χ4n) is 1.26. The first-order valence-corrected chi connectivity index (χ1v) is 5.66. The molecule has 88 valence electrons. The Hall–Kier alpha value is -0.770. The third-order valence-electron chi connectivity index (χ3n) is 2.06. The molecule has 3 nitrogen and oxygen atoms in total. The molecule has 0 aromatic heterocycles. The van der Waals surface area contributed by atoms with Gasteiger partial charge in [-0.1, -0.05) is 29.3 Å². The van der Waals surface area contributed by atoms with Gasteiger partial charge in [-0.15, -0.1) is 0 Å². The van der Waals surface area contributed by atoms with E-state index in [0.717, 1.165) is 5.56 Å². The summed E-state index contributed by atoms with van der Waals surface area (Å²) in [5.41, 5.74) is 6.61. The molecule has 2 N–H and O–H groups in total. The van der Waals surface area contributed by atoms with E-state index >= 15 is 0 Å². The molecule has 0 amide bonds. The maximum atomic E-state index is 11.2. The lowest BCUT2D eigenvalue weighted by molar-refractivity contribution is -0.143. The van der Waals surface area contributed by atoms with E-state index in [9.17, 15) is 4.79 Å². The van der Waals surface area contributed by atoms with Crippen molar-refractivity contribution in [3.63, 3.8) is 0 Å². The smallest absolute Gasteiger partial charge is 0.307 e. The molecule has 0 bridgehead atoms. The number of ether oxygens (including phenoxy) is 1.